The summed E-state index contributed by atoms with van der Waals surface area (Å²) in [5, 5.41) is 9.33. The van der Waals surface area contributed by atoms with Gasteiger partial charge in [-0.1, -0.05) is 0 Å². The summed E-state index contributed by atoms with van der Waals surface area (Å²) in [6, 6.07) is 0. The molecule has 2 heterocycles. The fraction of sp³-hybridized carbons (Fsp3) is 0.400. The van der Waals surface area contributed by atoms with Gasteiger partial charge in [0.15, 0.2) is 5.65 Å². The number of aliphatic hydroxyl groups excluding tert-OH is 1. The van der Waals surface area contributed by atoms with Crippen LogP contribution in [0.2, 0.25) is 0 Å². The van der Waals surface area contributed by atoms with E-state index in [0.717, 1.165) is 24.2 Å². The molecule has 0 aromatic carbocycles. The van der Waals surface area contributed by atoms with Gasteiger partial charge in [-0.25, -0.2) is 4.98 Å². The van der Waals surface area contributed by atoms with Crippen LogP contribution >= 0.6 is 0 Å². The molecule has 0 bridgehead atoms. The Morgan fingerprint density at radius 1 is 1.43 bits per heavy atom. The standard InChI is InChI=1S/C10H11N3O/c14-7-10(1-2-10)8-5-12-9-6-11-3-4-13(8)9/h3-6,14H,1-2,7H2. The molecule has 0 saturated heterocycles. The van der Waals surface area contributed by atoms with Crippen LogP contribution in [-0.2, 0) is 5.41 Å². The van der Waals surface area contributed by atoms with Crippen LogP contribution in [0.15, 0.2) is 24.8 Å². The molecule has 72 valence electrons. The number of aromatic nitrogens is 3. The Labute approximate surface area is 81.2 Å². The molecule has 0 atom stereocenters. The summed E-state index contributed by atoms with van der Waals surface area (Å²) in [7, 11) is 0. The lowest BCUT2D eigenvalue weighted by Gasteiger charge is -2.10. The van der Waals surface area contributed by atoms with E-state index in [1.807, 2.05) is 16.8 Å². The van der Waals surface area contributed by atoms with Gasteiger partial charge in [0.1, 0.15) is 0 Å². The highest BCUT2D eigenvalue weighted by atomic mass is 16.3. The summed E-state index contributed by atoms with van der Waals surface area (Å²) in [6.45, 7) is 0.211. The van der Waals surface area contributed by atoms with Crippen LogP contribution < -0.4 is 0 Å². The summed E-state index contributed by atoms with van der Waals surface area (Å²) in [5.74, 6) is 0. The number of aliphatic hydroxyl groups is 1. The molecule has 0 radical (unpaired) electrons. The largest absolute Gasteiger partial charge is 0.395 e. The number of fused-ring (bicyclic) bond motifs is 1. The van der Waals surface area contributed by atoms with Crippen LogP contribution in [0.25, 0.3) is 5.65 Å². The van der Waals surface area contributed by atoms with Gasteiger partial charge in [0.05, 0.1) is 18.5 Å². The third-order valence-corrected chi connectivity index (χ3v) is 3.02. The lowest BCUT2D eigenvalue weighted by atomic mass is 10.1. The van der Waals surface area contributed by atoms with Crippen LogP contribution in [0.4, 0.5) is 0 Å². The van der Waals surface area contributed by atoms with E-state index in [1.165, 1.54) is 0 Å². The van der Waals surface area contributed by atoms with Gasteiger partial charge in [-0.3, -0.25) is 4.98 Å². The smallest absolute Gasteiger partial charge is 0.155 e. The molecule has 1 aliphatic rings. The molecule has 1 N–H and O–H groups in total. The minimum Gasteiger partial charge on any atom is -0.395 e. The zero-order valence-corrected chi connectivity index (χ0v) is 7.72. The van der Waals surface area contributed by atoms with E-state index in [2.05, 4.69) is 9.97 Å². The van der Waals surface area contributed by atoms with Gasteiger partial charge in [0, 0.05) is 24.0 Å². The molecule has 0 amide bonds. The molecule has 14 heavy (non-hydrogen) atoms. The van der Waals surface area contributed by atoms with Gasteiger partial charge in [-0.15, -0.1) is 0 Å². The quantitative estimate of drug-likeness (QED) is 0.758. The molecule has 2 aromatic heterocycles. The van der Waals surface area contributed by atoms with Crippen LogP contribution in [-0.4, -0.2) is 26.1 Å². The molecular formula is C10H11N3O. The second-order valence-electron chi connectivity index (χ2n) is 3.89. The summed E-state index contributed by atoms with van der Waals surface area (Å²) < 4.78 is 2.01. The van der Waals surface area contributed by atoms with Gasteiger partial charge in [-0.05, 0) is 12.8 Å². The van der Waals surface area contributed by atoms with Gasteiger partial charge >= 0.3 is 0 Å². The van der Waals surface area contributed by atoms with Crippen molar-refractivity contribution < 1.29 is 5.11 Å². The first kappa shape index (κ1) is 7.94. The van der Waals surface area contributed by atoms with Crippen molar-refractivity contribution in [1.82, 2.24) is 14.4 Å². The number of hydrogen-bond donors (Lipinski definition) is 1. The fourth-order valence-corrected chi connectivity index (χ4v) is 1.88. The van der Waals surface area contributed by atoms with Crippen molar-refractivity contribution in [3.05, 3.63) is 30.5 Å². The first-order chi connectivity index (χ1) is 6.86. The second kappa shape index (κ2) is 2.54. The van der Waals surface area contributed by atoms with E-state index < -0.39 is 0 Å². The molecule has 4 nitrogen and oxygen atoms in total. The van der Waals surface area contributed by atoms with Crippen LogP contribution in [0.3, 0.4) is 0 Å². The topological polar surface area (TPSA) is 50.4 Å². The highest BCUT2D eigenvalue weighted by Gasteiger charge is 2.45. The first-order valence-electron chi connectivity index (χ1n) is 4.74. The lowest BCUT2D eigenvalue weighted by molar-refractivity contribution is 0.252. The molecule has 1 saturated carbocycles. The third kappa shape index (κ3) is 0.915. The molecule has 1 aliphatic carbocycles. The Bertz CT molecular complexity index is 473. The lowest BCUT2D eigenvalue weighted by Crippen LogP contribution is -2.14. The predicted octanol–water partition coefficient (Wildman–Crippen LogP) is 0.753. The van der Waals surface area contributed by atoms with E-state index in [-0.39, 0.29) is 12.0 Å². The molecule has 1 fully saturated rings. The van der Waals surface area contributed by atoms with Gasteiger partial charge in [0.2, 0.25) is 0 Å². The number of hydrogen-bond acceptors (Lipinski definition) is 3. The van der Waals surface area contributed by atoms with E-state index in [9.17, 15) is 5.11 Å². The van der Waals surface area contributed by atoms with Gasteiger partial charge in [-0.2, -0.15) is 0 Å². The average molecular weight is 189 g/mol. The van der Waals surface area contributed by atoms with E-state index in [1.54, 1.807) is 12.4 Å². The second-order valence-corrected chi connectivity index (χ2v) is 3.89. The van der Waals surface area contributed by atoms with Crippen molar-refractivity contribution in [1.29, 1.82) is 0 Å². The summed E-state index contributed by atoms with van der Waals surface area (Å²) in [6.07, 6.45) is 9.33. The Morgan fingerprint density at radius 3 is 3.00 bits per heavy atom. The SMILES string of the molecule is OCC1(c2cnc3cnccn23)CC1. The zero-order valence-electron chi connectivity index (χ0n) is 7.72. The Balaban J connectivity index is 2.22. The number of rotatable bonds is 2. The number of nitrogens with zero attached hydrogens (tertiary/aromatic N) is 3. The Morgan fingerprint density at radius 2 is 2.29 bits per heavy atom. The molecular weight excluding hydrogens is 178 g/mol. The van der Waals surface area contributed by atoms with E-state index in [0.29, 0.717) is 0 Å². The Hall–Kier alpha value is -1.42. The van der Waals surface area contributed by atoms with Crippen molar-refractivity contribution in [2.24, 2.45) is 0 Å². The highest BCUT2D eigenvalue weighted by molar-refractivity contribution is 5.41. The first-order valence-corrected chi connectivity index (χ1v) is 4.74. The van der Waals surface area contributed by atoms with Crippen LogP contribution in [0.5, 0.6) is 0 Å². The van der Waals surface area contributed by atoms with E-state index >= 15 is 0 Å². The summed E-state index contributed by atoms with van der Waals surface area (Å²) >= 11 is 0. The van der Waals surface area contributed by atoms with Crippen molar-refractivity contribution in [2.45, 2.75) is 18.3 Å². The predicted molar refractivity (Wildman–Crippen MR) is 51.0 cm³/mol. The maximum absolute atomic E-state index is 9.33. The molecule has 0 aliphatic heterocycles. The molecule has 2 aromatic rings. The summed E-state index contributed by atoms with van der Waals surface area (Å²) in [4.78, 5) is 8.27. The average Bonchev–Trinajstić information content (AvgIpc) is 2.91. The highest BCUT2D eigenvalue weighted by Crippen LogP contribution is 2.47. The molecule has 0 unspecified atom stereocenters. The minimum absolute atomic E-state index is 0.0270. The maximum atomic E-state index is 9.33. The molecule has 0 spiro atoms. The van der Waals surface area contributed by atoms with Crippen molar-refractivity contribution in [3.8, 4) is 0 Å². The van der Waals surface area contributed by atoms with Crippen molar-refractivity contribution in [3.63, 3.8) is 0 Å². The third-order valence-electron chi connectivity index (χ3n) is 3.02. The number of imidazole rings is 1. The van der Waals surface area contributed by atoms with Crippen LogP contribution in [0.1, 0.15) is 18.5 Å². The fourth-order valence-electron chi connectivity index (χ4n) is 1.88. The monoisotopic (exact) mass is 189 g/mol. The normalized spacial score (nSPS) is 18.6. The maximum Gasteiger partial charge on any atom is 0.155 e. The minimum atomic E-state index is -0.0270. The Kier molecular flexibility index (Phi) is 1.44. The summed E-state index contributed by atoms with van der Waals surface area (Å²) in [5.41, 5.74) is 1.93. The van der Waals surface area contributed by atoms with Gasteiger partial charge < -0.3 is 9.51 Å². The van der Waals surface area contributed by atoms with Crippen molar-refractivity contribution in [2.75, 3.05) is 6.61 Å². The van der Waals surface area contributed by atoms with Crippen LogP contribution in [0, 0.1) is 0 Å². The molecule has 3 rings (SSSR count). The van der Waals surface area contributed by atoms with E-state index in [4.69, 9.17) is 0 Å². The molecule has 4 heteroatoms. The van der Waals surface area contributed by atoms with Gasteiger partial charge in [0.25, 0.3) is 0 Å². The van der Waals surface area contributed by atoms with Crippen molar-refractivity contribution >= 4 is 5.65 Å². The zero-order chi connectivity index (χ0) is 9.60.